The second kappa shape index (κ2) is 7.01. The van der Waals surface area contributed by atoms with E-state index in [1.165, 1.54) is 12.8 Å². The lowest BCUT2D eigenvalue weighted by atomic mass is 9.75. The maximum Gasteiger partial charge on any atom is 0.410 e. The van der Waals surface area contributed by atoms with Crippen molar-refractivity contribution >= 4 is 6.09 Å². The van der Waals surface area contributed by atoms with Crippen LogP contribution in [0.25, 0.3) is 0 Å². The highest BCUT2D eigenvalue weighted by Gasteiger charge is 2.34. The molecular weight excluding hydrogens is 226 g/mol. The van der Waals surface area contributed by atoms with Crippen LogP contribution in [-0.2, 0) is 4.74 Å². The SMILES string of the molecule is CCN(CC)C(=O)OC1CC(C)CC[C@H]1C(C)C. The molecule has 18 heavy (non-hydrogen) atoms. The maximum absolute atomic E-state index is 12.1. The minimum atomic E-state index is -0.134. The molecule has 0 bridgehead atoms. The molecule has 3 nitrogen and oxygen atoms in total. The van der Waals surface area contributed by atoms with E-state index in [4.69, 9.17) is 4.74 Å². The first-order valence-electron chi connectivity index (χ1n) is 7.45. The van der Waals surface area contributed by atoms with Crippen LogP contribution in [0.15, 0.2) is 0 Å². The smallest absolute Gasteiger partial charge is 0.410 e. The monoisotopic (exact) mass is 255 g/mol. The van der Waals surface area contributed by atoms with Crippen LogP contribution in [0.1, 0.15) is 53.9 Å². The third-order valence-electron chi connectivity index (χ3n) is 4.24. The van der Waals surface area contributed by atoms with Crippen molar-refractivity contribution in [2.24, 2.45) is 17.8 Å². The molecule has 1 fully saturated rings. The van der Waals surface area contributed by atoms with Crippen molar-refractivity contribution in [1.29, 1.82) is 0 Å². The van der Waals surface area contributed by atoms with Gasteiger partial charge < -0.3 is 9.64 Å². The summed E-state index contributed by atoms with van der Waals surface area (Å²) in [5, 5.41) is 0. The van der Waals surface area contributed by atoms with Crippen molar-refractivity contribution in [3.63, 3.8) is 0 Å². The highest BCUT2D eigenvalue weighted by molar-refractivity contribution is 5.67. The summed E-state index contributed by atoms with van der Waals surface area (Å²) in [6.07, 6.45) is 3.46. The third kappa shape index (κ3) is 3.89. The molecule has 0 aliphatic heterocycles. The van der Waals surface area contributed by atoms with E-state index in [0.29, 0.717) is 17.8 Å². The largest absolute Gasteiger partial charge is 0.446 e. The van der Waals surface area contributed by atoms with Gasteiger partial charge in [0.25, 0.3) is 0 Å². The molecule has 106 valence electrons. The molecule has 1 amide bonds. The van der Waals surface area contributed by atoms with Crippen LogP contribution in [0, 0.1) is 17.8 Å². The topological polar surface area (TPSA) is 29.5 Å². The number of nitrogens with zero attached hydrogens (tertiary/aromatic N) is 1. The number of hydrogen-bond acceptors (Lipinski definition) is 2. The molecule has 0 aromatic heterocycles. The predicted molar refractivity (Wildman–Crippen MR) is 74.5 cm³/mol. The minimum Gasteiger partial charge on any atom is -0.446 e. The predicted octanol–water partition coefficient (Wildman–Crippen LogP) is 3.93. The van der Waals surface area contributed by atoms with Gasteiger partial charge in [0, 0.05) is 13.1 Å². The van der Waals surface area contributed by atoms with Gasteiger partial charge in [-0.1, -0.05) is 27.2 Å². The summed E-state index contributed by atoms with van der Waals surface area (Å²) >= 11 is 0. The van der Waals surface area contributed by atoms with Gasteiger partial charge in [-0.3, -0.25) is 0 Å². The molecule has 1 saturated carbocycles. The molecule has 0 heterocycles. The van der Waals surface area contributed by atoms with Gasteiger partial charge in [0.2, 0.25) is 0 Å². The summed E-state index contributed by atoms with van der Waals surface area (Å²) in [5.74, 6) is 1.79. The average Bonchev–Trinajstić information content (AvgIpc) is 2.30. The van der Waals surface area contributed by atoms with Crippen molar-refractivity contribution in [2.45, 2.75) is 60.0 Å². The first-order valence-corrected chi connectivity index (χ1v) is 7.45. The van der Waals surface area contributed by atoms with Gasteiger partial charge in [0.15, 0.2) is 0 Å². The quantitative estimate of drug-likeness (QED) is 0.762. The summed E-state index contributed by atoms with van der Waals surface area (Å²) in [5.41, 5.74) is 0. The Labute approximate surface area is 112 Å². The van der Waals surface area contributed by atoms with Crippen molar-refractivity contribution in [3.05, 3.63) is 0 Å². The minimum absolute atomic E-state index is 0.113. The molecule has 1 rings (SSSR count). The lowest BCUT2D eigenvalue weighted by molar-refractivity contribution is -0.00908. The Morgan fingerprint density at radius 3 is 2.39 bits per heavy atom. The zero-order valence-electron chi connectivity index (χ0n) is 12.6. The van der Waals surface area contributed by atoms with E-state index >= 15 is 0 Å². The molecule has 0 radical (unpaired) electrons. The van der Waals surface area contributed by atoms with Crippen LogP contribution in [0.4, 0.5) is 4.79 Å². The Balaban J connectivity index is 2.63. The van der Waals surface area contributed by atoms with E-state index in [-0.39, 0.29) is 12.2 Å². The summed E-state index contributed by atoms with van der Waals surface area (Å²) in [6.45, 7) is 12.2. The lowest BCUT2D eigenvalue weighted by Gasteiger charge is -2.37. The van der Waals surface area contributed by atoms with Crippen LogP contribution < -0.4 is 0 Å². The molecule has 0 saturated heterocycles. The average molecular weight is 255 g/mol. The van der Waals surface area contributed by atoms with Crippen LogP contribution in [0.3, 0.4) is 0 Å². The number of rotatable bonds is 4. The standard InChI is InChI=1S/C15H29NO2/c1-6-16(7-2)15(17)18-14-10-12(5)8-9-13(14)11(3)4/h11-14H,6-10H2,1-5H3/t12?,13-,14?/m0/s1. The van der Waals surface area contributed by atoms with Crippen LogP contribution in [0.5, 0.6) is 0 Å². The van der Waals surface area contributed by atoms with Crippen LogP contribution >= 0.6 is 0 Å². The molecule has 0 aromatic carbocycles. The maximum atomic E-state index is 12.1. The van der Waals surface area contributed by atoms with Gasteiger partial charge in [-0.05, 0) is 44.4 Å². The first-order chi connectivity index (χ1) is 8.49. The van der Waals surface area contributed by atoms with Crippen LogP contribution in [0.2, 0.25) is 0 Å². The highest BCUT2D eigenvalue weighted by Crippen LogP contribution is 2.35. The van der Waals surface area contributed by atoms with Crippen LogP contribution in [-0.4, -0.2) is 30.2 Å². The molecular formula is C15H29NO2. The molecule has 0 N–H and O–H groups in total. The normalized spacial score (nSPS) is 28.2. The number of ether oxygens (including phenoxy) is 1. The first kappa shape index (κ1) is 15.3. The van der Waals surface area contributed by atoms with Gasteiger partial charge in [0.1, 0.15) is 6.10 Å². The zero-order chi connectivity index (χ0) is 13.7. The fourth-order valence-electron chi connectivity index (χ4n) is 2.94. The molecule has 1 aliphatic rings. The summed E-state index contributed by atoms with van der Waals surface area (Å²) in [7, 11) is 0. The molecule has 3 atom stereocenters. The lowest BCUT2D eigenvalue weighted by Crippen LogP contribution is -2.40. The summed E-state index contributed by atoms with van der Waals surface area (Å²) in [4.78, 5) is 13.8. The third-order valence-corrected chi connectivity index (χ3v) is 4.24. The van der Waals surface area contributed by atoms with Gasteiger partial charge in [0.05, 0.1) is 0 Å². The second-order valence-corrected chi connectivity index (χ2v) is 5.92. The van der Waals surface area contributed by atoms with E-state index in [0.717, 1.165) is 19.5 Å². The van der Waals surface area contributed by atoms with Gasteiger partial charge >= 0.3 is 6.09 Å². The van der Waals surface area contributed by atoms with E-state index in [9.17, 15) is 4.79 Å². The zero-order valence-corrected chi connectivity index (χ0v) is 12.6. The van der Waals surface area contributed by atoms with E-state index in [1.807, 2.05) is 13.8 Å². The summed E-state index contributed by atoms with van der Waals surface area (Å²) < 4.78 is 5.77. The number of amides is 1. The molecule has 0 spiro atoms. The Kier molecular flexibility index (Phi) is 5.97. The Morgan fingerprint density at radius 2 is 1.89 bits per heavy atom. The molecule has 1 aliphatic carbocycles. The van der Waals surface area contributed by atoms with Gasteiger partial charge in [-0.15, -0.1) is 0 Å². The van der Waals surface area contributed by atoms with E-state index in [1.54, 1.807) is 4.90 Å². The number of carbonyl (C=O) groups excluding carboxylic acids is 1. The Hall–Kier alpha value is -0.730. The second-order valence-electron chi connectivity index (χ2n) is 5.92. The molecule has 3 heteroatoms. The highest BCUT2D eigenvalue weighted by atomic mass is 16.6. The van der Waals surface area contributed by atoms with Crippen molar-refractivity contribution in [1.82, 2.24) is 4.90 Å². The van der Waals surface area contributed by atoms with Gasteiger partial charge in [-0.2, -0.15) is 0 Å². The number of hydrogen-bond donors (Lipinski definition) is 0. The molecule has 2 unspecified atom stereocenters. The molecule has 0 aromatic rings. The van der Waals surface area contributed by atoms with Crippen molar-refractivity contribution in [2.75, 3.05) is 13.1 Å². The van der Waals surface area contributed by atoms with E-state index in [2.05, 4.69) is 20.8 Å². The Bertz CT molecular complexity index is 261. The Morgan fingerprint density at radius 1 is 1.28 bits per heavy atom. The van der Waals surface area contributed by atoms with Gasteiger partial charge in [-0.25, -0.2) is 4.79 Å². The number of carbonyl (C=O) groups is 1. The fraction of sp³-hybridized carbons (Fsp3) is 0.933. The van der Waals surface area contributed by atoms with Crippen molar-refractivity contribution in [3.8, 4) is 0 Å². The summed E-state index contributed by atoms with van der Waals surface area (Å²) in [6, 6.07) is 0. The fourth-order valence-corrected chi connectivity index (χ4v) is 2.94. The van der Waals surface area contributed by atoms with Crippen molar-refractivity contribution < 1.29 is 9.53 Å². The van der Waals surface area contributed by atoms with E-state index < -0.39 is 0 Å².